The second-order valence-corrected chi connectivity index (χ2v) is 8.36. The molecule has 0 saturated carbocycles. The van der Waals surface area contributed by atoms with Crippen molar-refractivity contribution < 1.29 is 9.53 Å². The molecule has 0 aliphatic carbocycles. The molecule has 0 atom stereocenters. The highest BCUT2D eigenvalue weighted by atomic mass is 35.5. The fourth-order valence-electron chi connectivity index (χ4n) is 3.30. The topological polar surface area (TPSA) is 105 Å². The van der Waals surface area contributed by atoms with Gasteiger partial charge in [0.1, 0.15) is 10.6 Å². The van der Waals surface area contributed by atoms with E-state index in [4.69, 9.17) is 38.9 Å². The molecule has 0 bridgehead atoms. The highest BCUT2D eigenvalue weighted by Crippen LogP contribution is 2.46. The minimum absolute atomic E-state index is 0.0878. The number of nitrogens with zero attached hydrogens (tertiary/aromatic N) is 4. The van der Waals surface area contributed by atoms with Gasteiger partial charge in [-0.25, -0.2) is 9.97 Å². The lowest BCUT2D eigenvalue weighted by Gasteiger charge is -2.13. The summed E-state index contributed by atoms with van der Waals surface area (Å²) >= 11 is 14.0. The van der Waals surface area contributed by atoms with E-state index in [9.17, 15) is 4.79 Å². The van der Waals surface area contributed by atoms with Gasteiger partial charge in [-0.2, -0.15) is 5.26 Å². The van der Waals surface area contributed by atoms with Crippen LogP contribution in [0.3, 0.4) is 0 Å². The van der Waals surface area contributed by atoms with Gasteiger partial charge in [-0.05, 0) is 12.1 Å². The van der Waals surface area contributed by atoms with Gasteiger partial charge in [-0.1, -0.05) is 23.2 Å². The second-order valence-electron chi connectivity index (χ2n) is 6.52. The van der Waals surface area contributed by atoms with E-state index >= 15 is 0 Å². The number of hydrogen-bond donors (Lipinski definition) is 1. The van der Waals surface area contributed by atoms with E-state index in [1.54, 1.807) is 19.2 Å². The quantitative estimate of drug-likeness (QED) is 0.643. The normalized spacial score (nSPS) is 12.5. The summed E-state index contributed by atoms with van der Waals surface area (Å²) in [5.41, 5.74) is 8.06. The van der Waals surface area contributed by atoms with Gasteiger partial charge < -0.3 is 15.4 Å². The van der Waals surface area contributed by atoms with Crippen LogP contribution in [-0.4, -0.2) is 41.0 Å². The average molecular weight is 448 g/mol. The molecule has 0 radical (unpaired) electrons. The molecule has 2 N–H and O–H groups in total. The van der Waals surface area contributed by atoms with Crippen molar-refractivity contribution in [3.05, 3.63) is 32.6 Å². The number of carbonyl (C=O) groups is 1. The molecule has 0 saturated heterocycles. The highest BCUT2D eigenvalue weighted by Gasteiger charge is 2.27. The van der Waals surface area contributed by atoms with E-state index in [2.05, 4.69) is 9.97 Å². The van der Waals surface area contributed by atoms with Crippen LogP contribution in [0.15, 0.2) is 12.1 Å². The predicted octanol–water partition coefficient (Wildman–Crippen LogP) is 4.17. The number of aromatic nitrogens is 2. The molecule has 1 amide bonds. The number of hydrogen-bond acceptors (Lipinski definition) is 7. The van der Waals surface area contributed by atoms with Crippen LogP contribution in [0.1, 0.15) is 21.7 Å². The summed E-state index contributed by atoms with van der Waals surface area (Å²) in [5.74, 6) is 0.493. The molecule has 148 valence electrons. The highest BCUT2D eigenvalue weighted by molar-refractivity contribution is 7.20. The lowest BCUT2D eigenvalue weighted by molar-refractivity contribution is 0.0803. The lowest BCUT2D eigenvalue weighted by Crippen LogP contribution is -2.26. The maximum atomic E-state index is 12.7. The molecule has 1 aliphatic rings. The molecular weight excluding hydrogens is 433 g/mol. The van der Waals surface area contributed by atoms with E-state index in [0.717, 1.165) is 5.56 Å². The summed E-state index contributed by atoms with van der Waals surface area (Å²) in [4.78, 5) is 24.0. The van der Waals surface area contributed by atoms with Crippen molar-refractivity contribution in [2.24, 2.45) is 0 Å². The summed E-state index contributed by atoms with van der Waals surface area (Å²) in [6.45, 7) is 0.848. The Kier molecular flexibility index (Phi) is 5.21. The number of fused-ring (bicyclic) bond motifs is 2. The number of nitriles is 1. The molecular formula is C19H15Cl2N5O2S. The van der Waals surface area contributed by atoms with Crippen molar-refractivity contribution in [2.45, 2.75) is 12.8 Å². The van der Waals surface area contributed by atoms with Crippen molar-refractivity contribution in [1.82, 2.24) is 14.9 Å². The number of nitrogen functional groups attached to an aromatic ring is 1. The number of ether oxygens (including phenoxy) is 1. The second kappa shape index (κ2) is 7.67. The van der Waals surface area contributed by atoms with Crippen LogP contribution in [0, 0.1) is 11.3 Å². The van der Waals surface area contributed by atoms with Crippen molar-refractivity contribution in [3.63, 3.8) is 0 Å². The Morgan fingerprint density at radius 2 is 2.17 bits per heavy atom. The lowest BCUT2D eigenvalue weighted by atomic mass is 10.00. The van der Waals surface area contributed by atoms with Gasteiger partial charge in [0.05, 0.1) is 39.7 Å². The third-order valence-electron chi connectivity index (χ3n) is 4.65. The molecule has 2 aromatic heterocycles. The third kappa shape index (κ3) is 3.46. The molecule has 3 aromatic rings. The number of thiophene rings is 1. The molecule has 29 heavy (non-hydrogen) atoms. The smallest absolute Gasteiger partial charge is 0.263 e. The summed E-state index contributed by atoms with van der Waals surface area (Å²) in [7, 11) is 1.66. The molecule has 1 aromatic carbocycles. The van der Waals surface area contributed by atoms with E-state index in [1.807, 2.05) is 6.07 Å². The largest absolute Gasteiger partial charge is 0.491 e. The van der Waals surface area contributed by atoms with Crippen LogP contribution in [0.2, 0.25) is 10.0 Å². The zero-order valence-electron chi connectivity index (χ0n) is 15.3. The van der Waals surface area contributed by atoms with Gasteiger partial charge in [0.15, 0.2) is 0 Å². The van der Waals surface area contributed by atoms with Gasteiger partial charge in [-0.3, -0.25) is 4.79 Å². The zero-order chi connectivity index (χ0) is 20.7. The number of rotatable bonds is 4. The standard InChI is InChI=1S/C19H15Cl2N5O2S/c1-26(5-2-4-22)18(27)13-7-10-15(24-19(23)25-17(10)29-13)14-9-3-6-28-16(9)12(21)8-11(14)20/h7-8H,2-3,5-6H2,1H3,(H2,23,24,25). The Balaban J connectivity index is 1.88. The molecule has 10 heteroatoms. The Bertz CT molecular complexity index is 1190. The van der Waals surface area contributed by atoms with E-state index < -0.39 is 0 Å². The number of amides is 1. The molecule has 7 nitrogen and oxygen atoms in total. The number of anilines is 1. The summed E-state index contributed by atoms with van der Waals surface area (Å²) in [6.07, 6.45) is 0.904. The van der Waals surface area contributed by atoms with Crippen molar-refractivity contribution >= 4 is 56.6 Å². The van der Waals surface area contributed by atoms with Crippen LogP contribution >= 0.6 is 34.5 Å². The predicted molar refractivity (Wildman–Crippen MR) is 114 cm³/mol. The molecule has 0 unspecified atom stereocenters. The first-order valence-electron chi connectivity index (χ1n) is 8.74. The minimum atomic E-state index is -0.191. The average Bonchev–Trinajstić information content (AvgIpc) is 3.32. The molecule has 0 fully saturated rings. The van der Waals surface area contributed by atoms with Gasteiger partial charge >= 0.3 is 0 Å². The van der Waals surface area contributed by atoms with Crippen LogP contribution in [-0.2, 0) is 6.42 Å². The molecule has 1 aliphatic heterocycles. The van der Waals surface area contributed by atoms with Gasteiger partial charge in [-0.15, -0.1) is 11.3 Å². The monoisotopic (exact) mass is 447 g/mol. The van der Waals surface area contributed by atoms with Gasteiger partial charge in [0.2, 0.25) is 5.95 Å². The first-order chi connectivity index (χ1) is 13.9. The van der Waals surface area contributed by atoms with Gasteiger partial charge in [0, 0.05) is 36.5 Å². The number of nitrogens with two attached hydrogens (primary N) is 1. The molecule has 0 spiro atoms. The Morgan fingerprint density at radius 1 is 1.38 bits per heavy atom. The number of benzene rings is 1. The number of halogens is 2. The first kappa shape index (κ1) is 19.7. The van der Waals surface area contributed by atoms with Crippen LogP contribution in [0.4, 0.5) is 5.95 Å². The Hall–Kier alpha value is -2.60. The zero-order valence-corrected chi connectivity index (χ0v) is 17.7. The maximum absolute atomic E-state index is 12.7. The van der Waals surface area contributed by atoms with Crippen LogP contribution in [0.5, 0.6) is 5.75 Å². The first-order valence-corrected chi connectivity index (χ1v) is 10.3. The van der Waals surface area contributed by atoms with E-state index in [1.165, 1.54) is 16.2 Å². The number of carbonyl (C=O) groups excluding carboxylic acids is 1. The molecule has 3 heterocycles. The Labute approximate surface area is 180 Å². The van der Waals surface area contributed by atoms with E-state index in [0.29, 0.717) is 61.7 Å². The van der Waals surface area contributed by atoms with Gasteiger partial charge in [0.25, 0.3) is 5.91 Å². The Morgan fingerprint density at radius 3 is 2.93 bits per heavy atom. The van der Waals surface area contributed by atoms with Crippen molar-refractivity contribution in [3.8, 4) is 23.1 Å². The SMILES string of the molecule is CN(CCC#N)C(=O)c1cc2c(-c3c(Cl)cc(Cl)c4c3CCO4)nc(N)nc2s1. The summed E-state index contributed by atoms with van der Waals surface area (Å²) < 4.78 is 5.65. The summed E-state index contributed by atoms with van der Waals surface area (Å²) in [6, 6.07) is 5.41. The third-order valence-corrected chi connectivity index (χ3v) is 6.24. The maximum Gasteiger partial charge on any atom is 0.263 e. The van der Waals surface area contributed by atoms with Crippen molar-refractivity contribution in [2.75, 3.05) is 25.9 Å². The minimum Gasteiger partial charge on any atom is -0.491 e. The fourth-order valence-corrected chi connectivity index (χ4v) is 4.98. The van der Waals surface area contributed by atoms with Crippen LogP contribution < -0.4 is 10.5 Å². The fraction of sp³-hybridized carbons (Fsp3) is 0.263. The molecule has 4 rings (SSSR count). The van der Waals surface area contributed by atoms with E-state index in [-0.39, 0.29) is 18.3 Å². The summed E-state index contributed by atoms with van der Waals surface area (Å²) in [5, 5.41) is 10.3. The van der Waals surface area contributed by atoms with Crippen LogP contribution in [0.25, 0.3) is 21.5 Å². The van der Waals surface area contributed by atoms with Crippen molar-refractivity contribution in [1.29, 1.82) is 5.26 Å².